The zero-order valence-electron chi connectivity index (χ0n) is 9.44. The number of hydrogen-bond acceptors (Lipinski definition) is 3. The van der Waals surface area contributed by atoms with Gasteiger partial charge in [0.2, 0.25) is 0 Å². The van der Waals surface area contributed by atoms with Gasteiger partial charge < -0.3 is 4.90 Å². The summed E-state index contributed by atoms with van der Waals surface area (Å²) in [5.41, 5.74) is 0.570. The third-order valence-electron chi connectivity index (χ3n) is 2.20. The van der Waals surface area contributed by atoms with Crippen molar-refractivity contribution in [2.45, 2.75) is 0 Å². The van der Waals surface area contributed by atoms with E-state index in [-0.39, 0.29) is 43.8 Å². The molecule has 1 aromatic heterocycles. The predicted molar refractivity (Wildman–Crippen MR) is 61.4 cm³/mol. The van der Waals surface area contributed by atoms with E-state index in [1.54, 1.807) is 32.3 Å². The van der Waals surface area contributed by atoms with Crippen molar-refractivity contribution >= 4 is 28.3 Å². The van der Waals surface area contributed by atoms with Crippen molar-refractivity contribution in [2.24, 2.45) is 0 Å². The summed E-state index contributed by atoms with van der Waals surface area (Å²) in [6, 6.07) is 5.18. The topological polar surface area (TPSA) is 46.1 Å². The van der Waals surface area contributed by atoms with Gasteiger partial charge in [0.05, 0.1) is 0 Å². The van der Waals surface area contributed by atoms with Crippen LogP contribution < -0.4 is 0 Å². The summed E-state index contributed by atoms with van der Waals surface area (Å²) in [5, 5.41) is 9.02. The van der Waals surface area contributed by atoms with Gasteiger partial charge in [-0.15, -0.1) is 6.07 Å². The van der Waals surface area contributed by atoms with Crippen molar-refractivity contribution in [1.29, 1.82) is 0 Å². The molecule has 2 aromatic rings. The zero-order valence-corrected chi connectivity index (χ0v) is 13.0. The molecular formula is C11H9ClN3OY-. The first-order valence-corrected chi connectivity index (χ1v) is 5.02. The molecule has 0 bridgehead atoms. The van der Waals surface area contributed by atoms with Crippen LogP contribution in [0.5, 0.6) is 0 Å². The largest absolute Gasteiger partial charge is 0.345 e. The number of fused-ring (bicyclic) bond motifs is 1. The first-order chi connectivity index (χ1) is 7.59. The van der Waals surface area contributed by atoms with Crippen LogP contribution in [0.1, 0.15) is 10.4 Å². The van der Waals surface area contributed by atoms with Gasteiger partial charge in [-0.25, -0.2) is 5.10 Å². The number of halogens is 1. The van der Waals surface area contributed by atoms with Crippen molar-refractivity contribution in [2.75, 3.05) is 14.1 Å². The third-order valence-corrected chi connectivity index (χ3v) is 2.48. The van der Waals surface area contributed by atoms with Gasteiger partial charge in [-0.2, -0.15) is 16.6 Å². The van der Waals surface area contributed by atoms with Gasteiger partial charge in [0.1, 0.15) is 5.15 Å². The molecule has 0 aliphatic rings. The second-order valence-electron chi connectivity index (χ2n) is 3.56. The molecule has 1 radical (unpaired) electrons. The molecule has 1 aromatic carbocycles. The van der Waals surface area contributed by atoms with Gasteiger partial charge in [0.25, 0.3) is 5.91 Å². The van der Waals surface area contributed by atoms with E-state index in [2.05, 4.69) is 16.4 Å². The Morgan fingerprint density at radius 3 is 2.76 bits per heavy atom. The maximum atomic E-state index is 11.7. The van der Waals surface area contributed by atoms with Gasteiger partial charge >= 0.3 is 0 Å². The number of carbonyl (C=O) groups is 1. The van der Waals surface area contributed by atoms with E-state index < -0.39 is 0 Å². The first kappa shape index (κ1) is 14.5. The van der Waals surface area contributed by atoms with Crippen LogP contribution in [0.2, 0.25) is 5.15 Å². The van der Waals surface area contributed by atoms with E-state index in [1.807, 2.05) is 0 Å². The second-order valence-corrected chi connectivity index (χ2v) is 3.92. The third kappa shape index (κ3) is 3.00. The molecule has 0 unspecified atom stereocenters. The van der Waals surface area contributed by atoms with Crippen LogP contribution in [0.3, 0.4) is 0 Å². The van der Waals surface area contributed by atoms with E-state index in [4.69, 9.17) is 11.6 Å². The van der Waals surface area contributed by atoms with Crippen LogP contribution in [0.4, 0.5) is 0 Å². The van der Waals surface area contributed by atoms with Gasteiger partial charge in [0, 0.05) is 52.4 Å². The minimum atomic E-state index is -0.0743. The summed E-state index contributed by atoms with van der Waals surface area (Å²) < 4.78 is 0. The Hall–Kier alpha value is -0.576. The molecule has 85 valence electrons. The van der Waals surface area contributed by atoms with Gasteiger partial charge in [-0.1, -0.05) is 23.1 Å². The number of rotatable bonds is 1. The molecule has 4 nitrogen and oxygen atoms in total. The number of nitrogens with zero attached hydrogens (tertiary/aromatic N) is 3. The summed E-state index contributed by atoms with van der Waals surface area (Å²) in [5.74, 6) is -0.0743. The standard InChI is InChI=1S/C11H9ClN3O.Y/c1-15(2)11(16)7-3-4-8-6-13-14-10(12)9(8)5-7;/h3-5H,1-2H3;/q-1;. The summed E-state index contributed by atoms with van der Waals surface area (Å²) in [6.45, 7) is 0. The first-order valence-electron chi connectivity index (χ1n) is 4.65. The number of carbonyl (C=O) groups excluding carboxylic acids is 1. The smallest absolute Gasteiger partial charge is 0.251 e. The summed E-state index contributed by atoms with van der Waals surface area (Å²) in [4.78, 5) is 13.2. The van der Waals surface area contributed by atoms with Crippen LogP contribution >= 0.6 is 11.6 Å². The molecular weight excluding hydrogens is 314 g/mol. The van der Waals surface area contributed by atoms with Crippen LogP contribution in [-0.4, -0.2) is 35.1 Å². The molecule has 0 fully saturated rings. The van der Waals surface area contributed by atoms with Crippen molar-refractivity contribution in [1.82, 2.24) is 15.1 Å². The van der Waals surface area contributed by atoms with Crippen LogP contribution in [0.25, 0.3) is 10.8 Å². The van der Waals surface area contributed by atoms with Crippen molar-refractivity contribution < 1.29 is 37.5 Å². The van der Waals surface area contributed by atoms with Gasteiger partial charge in [-0.3, -0.25) is 4.79 Å². The normalized spacial score (nSPS) is 9.82. The summed E-state index contributed by atoms with van der Waals surface area (Å²) >= 11 is 5.89. The Morgan fingerprint density at radius 1 is 1.41 bits per heavy atom. The Kier molecular flexibility index (Phi) is 4.98. The molecule has 0 saturated carbocycles. The van der Waals surface area contributed by atoms with E-state index in [0.717, 1.165) is 5.39 Å². The maximum absolute atomic E-state index is 11.7. The number of amides is 1. The molecule has 6 heteroatoms. The molecule has 17 heavy (non-hydrogen) atoms. The monoisotopic (exact) mass is 323 g/mol. The van der Waals surface area contributed by atoms with Crippen LogP contribution in [0, 0.1) is 6.20 Å². The van der Waals surface area contributed by atoms with Crippen LogP contribution in [-0.2, 0) is 32.7 Å². The molecule has 0 aliphatic carbocycles. The molecule has 0 atom stereocenters. The fourth-order valence-corrected chi connectivity index (χ4v) is 1.57. The van der Waals surface area contributed by atoms with Crippen molar-refractivity contribution in [3.05, 3.63) is 35.1 Å². The maximum Gasteiger partial charge on any atom is 0.251 e. The fraction of sp³-hybridized carbons (Fsp3) is 0.182. The van der Waals surface area contributed by atoms with Crippen LogP contribution in [0.15, 0.2) is 18.2 Å². The van der Waals surface area contributed by atoms with E-state index in [1.165, 1.54) is 4.90 Å². The van der Waals surface area contributed by atoms with E-state index >= 15 is 0 Å². The molecule has 0 spiro atoms. The Bertz CT molecular complexity index is 559. The van der Waals surface area contributed by atoms with Gasteiger partial charge in [-0.05, 0) is 6.20 Å². The number of aromatic nitrogens is 2. The number of hydrogen-bond donors (Lipinski definition) is 0. The minimum absolute atomic E-state index is 0. The Morgan fingerprint density at radius 2 is 2.12 bits per heavy atom. The molecule has 0 saturated heterocycles. The second kappa shape index (κ2) is 5.85. The number of benzene rings is 1. The summed E-state index contributed by atoms with van der Waals surface area (Å²) in [7, 11) is 3.40. The quantitative estimate of drug-likeness (QED) is 0.752. The molecule has 0 aliphatic heterocycles. The SMILES string of the molecule is CN(C)C(=O)c1ccc2[c-]nnc(Cl)c2c1.[Y]. The predicted octanol–water partition coefficient (Wildman–Crippen LogP) is 1.78. The van der Waals surface area contributed by atoms with Crippen molar-refractivity contribution in [3.63, 3.8) is 0 Å². The van der Waals surface area contributed by atoms with Crippen molar-refractivity contribution in [3.8, 4) is 0 Å². The summed E-state index contributed by atoms with van der Waals surface area (Å²) in [6.07, 6.45) is 2.72. The zero-order chi connectivity index (χ0) is 11.7. The molecule has 1 amide bonds. The van der Waals surface area contributed by atoms with E-state index in [9.17, 15) is 4.79 Å². The molecule has 1 heterocycles. The molecule has 0 N–H and O–H groups in total. The molecule has 2 rings (SSSR count). The van der Waals surface area contributed by atoms with Gasteiger partial charge in [0.15, 0.2) is 0 Å². The average molecular weight is 324 g/mol. The van der Waals surface area contributed by atoms with E-state index in [0.29, 0.717) is 10.9 Å². The fourth-order valence-electron chi connectivity index (χ4n) is 1.38. The average Bonchev–Trinajstić information content (AvgIpc) is 2.28. The Balaban J connectivity index is 0.00000144. The Labute approximate surface area is 129 Å². The minimum Gasteiger partial charge on any atom is -0.345 e.